The number of nitrogens with zero attached hydrogens (tertiary/aromatic N) is 1. The number of carbonyl (C=O) groups is 1. The largest absolute Gasteiger partial charge is 0.368 e. The molecule has 1 aromatic carbocycles. The molecule has 118 valence electrons. The number of nitrogens with one attached hydrogen (secondary N) is 1. The number of rotatable bonds is 8. The summed E-state index contributed by atoms with van der Waals surface area (Å²) in [6.45, 7) is 12.7. The van der Waals surface area contributed by atoms with Gasteiger partial charge in [-0.3, -0.25) is 4.79 Å². The van der Waals surface area contributed by atoms with Gasteiger partial charge in [-0.25, -0.2) is 0 Å². The van der Waals surface area contributed by atoms with Crippen molar-refractivity contribution in [3.8, 4) is 0 Å². The van der Waals surface area contributed by atoms with Crippen molar-refractivity contribution in [1.82, 2.24) is 5.32 Å². The number of anilines is 1. The topological polar surface area (TPSA) is 58.4 Å². The number of hydrogen-bond donors (Lipinski definition) is 2. The van der Waals surface area contributed by atoms with Crippen molar-refractivity contribution in [3.05, 3.63) is 29.3 Å². The summed E-state index contributed by atoms with van der Waals surface area (Å²) in [5.41, 5.74) is 8.92. The predicted octanol–water partition coefficient (Wildman–Crippen LogP) is 2.44. The van der Waals surface area contributed by atoms with Gasteiger partial charge < -0.3 is 16.0 Å². The molecule has 0 aliphatic heterocycles. The average Bonchev–Trinajstić information content (AvgIpc) is 2.35. The van der Waals surface area contributed by atoms with E-state index in [-0.39, 0.29) is 18.5 Å². The van der Waals surface area contributed by atoms with E-state index < -0.39 is 0 Å². The summed E-state index contributed by atoms with van der Waals surface area (Å²) in [5, 5.41) is 3.47. The van der Waals surface area contributed by atoms with Gasteiger partial charge in [0.2, 0.25) is 5.91 Å². The van der Waals surface area contributed by atoms with Crippen LogP contribution in [0.25, 0.3) is 0 Å². The van der Waals surface area contributed by atoms with Crippen LogP contribution in [0, 0.1) is 12.8 Å². The molecule has 0 fully saturated rings. The minimum absolute atomic E-state index is 0.226. The summed E-state index contributed by atoms with van der Waals surface area (Å²) in [7, 11) is 0. The van der Waals surface area contributed by atoms with Crippen molar-refractivity contribution >= 4 is 11.6 Å². The maximum Gasteiger partial charge on any atom is 0.236 e. The van der Waals surface area contributed by atoms with Crippen LogP contribution in [0.5, 0.6) is 0 Å². The molecule has 0 radical (unpaired) electrons. The van der Waals surface area contributed by atoms with Crippen LogP contribution in [0.15, 0.2) is 18.2 Å². The van der Waals surface area contributed by atoms with Crippen LogP contribution in [-0.4, -0.2) is 25.0 Å². The minimum Gasteiger partial charge on any atom is -0.368 e. The van der Waals surface area contributed by atoms with Crippen molar-refractivity contribution < 1.29 is 4.79 Å². The van der Waals surface area contributed by atoms with Crippen LogP contribution >= 0.6 is 0 Å². The zero-order chi connectivity index (χ0) is 16.0. The molecule has 4 nitrogen and oxygen atoms in total. The molecular weight excluding hydrogens is 262 g/mol. The molecule has 0 saturated heterocycles. The number of primary amides is 1. The Labute approximate surface area is 128 Å². The SMILES string of the molecule is Cc1ccc(N(CC(N)=O)C(C)C)c(CNCC(C)C)c1. The Balaban J connectivity index is 2.99. The van der Waals surface area contributed by atoms with E-state index in [4.69, 9.17) is 5.73 Å². The Hall–Kier alpha value is -1.55. The molecule has 0 atom stereocenters. The molecule has 4 heteroatoms. The molecule has 0 spiro atoms. The van der Waals surface area contributed by atoms with E-state index in [1.165, 1.54) is 11.1 Å². The van der Waals surface area contributed by atoms with Gasteiger partial charge in [0.25, 0.3) is 0 Å². The number of carbonyl (C=O) groups excluding carboxylic acids is 1. The van der Waals surface area contributed by atoms with Crippen molar-refractivity contribution in [3.63, 3.8) is 0 Å². The first kappa shape index (κ1) is 17.5. The Morgan fingerprint density at radius 1 is 1.29 bits per heavy atom. The maximum absolute atomic E-state index is 11.3. The molecule has 1 aromatic rings. The fourth-order valence-electron chi connectivity index (χ4n) is 2.35. The lowest BCUT2D eigenvalue weighted by atomic mass is 10.1. The van der Waals surface area contributed by atoms with Gasteiger partial charge in [0.15, 0.2) is 0 Å². The first-order valence-electron chi connectivity index (χ1n) is 7.66. The summed E-state index contributed by atoms with van der Waals surface area (Å²) >= 11 is 0. The normalized spacial score (nSPS) is 11.2. The number of benzene rings is 1. The zero-order valence-electron chi connectivity index (χ0n) is 13.9. The van der Waals surface area contributed by atoms with Crippen molar-refractivity contribution in [2.75, 3.05) is 18.0 Å². The van der Waals surface area contributed by atoms with Gasteiger partial charge in [0.1, 0.15) is 0 Å². The third-order valence-corrected chi connectivity index (χ3v) is 3.36. The second-order valence-corrected chi connectivity index (χ2v) is 6.34. The van der Waals surface area contributed by atoms with Gasteiger partial charge in [-0.15, -0.1) is 0 Å². The summed E-state index contributed by atoms with van der Waals surface area (Å²) in [6.07, 6.45) is 0. The molecule has 0 heterocycles. The van der Waals surface area contributed by atoms with E-state index in [2.05, 4.69) is 63.0 Å². The van der Waals surface area contributed by atoms with Crippen LogP contribution in [0.1, 0.15) is 38.8 Å². The summed E-state index contributed by atoms with van der Waals surface area (Å²) in [4.78, 5) is 13.4. The molecule has 0 aliphatic carbocycles. The standard InChI is InChI=1S/C17H29N3O/c1-12(2)9-19-10-15-8-14(5)6-7-16(15)20(13(3)4)11-17(18)21/h6-8,12-13,19H,9-11H2,1-5H3,(H2,18,21). The van der Waals surface area contributed by atoms with E-state index >= 15 is 0 Å². The minimum atomic E-state index is -0.301. The molecule has 0 bridgehead atoms. The van der Waals surface area contributed by atoms with Crippen LogP contribution < -0.4 is 16.0 Å². The van der Waals surface area contributed by atoms with Gasteiger partial charge in [0.05, 0.1) is 6.54 Å². The molecule has 0 aromatic heterocycles. The van der Waals surface area contributed by atoms with E-state index in [0.29, 0.717) is 5.92 Å². The van der Waals surface area contributed by atoms with Crippen molar-refractivity contribution in [1.29, 1.82) is 0 Å². The lowest BCUT2D eigenvalue weighted by Gasteiger charge is -2.30. The highest BCUT2D eigenvalue weighted by molar-refractivity contribution is 5.80. The lowest BCUT2D eigenvalue weighted by molar-refractivity contribution is -0.116. The smallest absolute Gasteiger partial charge is 0.236 e. The third kappa shape index (κ3) is 5.76. The highest BCUT2D eigenvalue weighted by atomic mass is 16.1. The summed E-state index contributed by atoms with van der Waals surface area (Å²) < 4.78 is 0. The molecule has 0 aliphatic rings. The van der Waals surface area contributed by atoms with Crippen LogP contribution in [0.3, 0.4) is 0 Å². The molecule has 1 amide bonds. The van der Waals surface area contributed by atoms with Gasteiger partial charge in [-0.05, 0) is 44.9 Å². The second kappa shape index (κ2) is 8.03. The van der Waals surface area contributed by atoms with E-state index in [1.807, 2.05) is 0 Å². The molecule has 3 N–H and O–H groups in total. The average molecular weight is 291 g/mol. The molecular formula is C17H29N3O. The van der Waals surface area contributed by atoms with Crippen LogP contribution in [-0.2, 0) is 11.3 Å². The number of hydrogen-bond acceptors (Lipinski definition) is 3. The Bertz CT molecular complexity index is 469. The first-order valence-corrected chi connectivity index (χ1v) is 7.66. The van der Waals surface area contributed by atoms with E-state index in [0.717, 1.165) is 18.8 Å². The number of nitrogens with two attached hydrogens (primary N) is 1. The monoisotopic (exact) mass is 291 g/mol. The predicted molar refractivity (Wildman–Crippen MR) is 89.4 cm³/mol. The fraction of sp³-hybridized carbons (Fsp3) is 0.588. The van der Waals surface area contributed by atoms with Crippen LogP contribution in [0.2, 0.25) is 0 Å². The number of aryl methyl sites for hydroxylation is 1. The van der Waals surface area contributed by atoms with E-state index in [9.17, 15) is 4.79 Å². The lowest BCUT2D eigenvalue weighted by Crippen LogP contribution is -2.39. The highest BCUT2D eigenvalue weighted by Crippen LogP contribution is 2.24. The van der Waals surface area contributed by atoms with Gasteiger partial charge in [0, 0.05) is 18.3 Å². The Kier molecular flexibility index (Phi) is 6.69. The Morgan fingerprint density at radius 3 is 2.48 bits per heavy atom. The third-order valence-electron chi connectivity index (χ3n) is 3.36. The van der Waals surface area contributed by atoms with Crippen molar-refractivity contribution in [2.24, 2.45) is 11.7 Å². The molecule has 21 heavy (non-hydrogen) atoms. The molecule has 0 saturated carbocycles. The molecule has 1 rings (SSSR count). The quantitative estimate of drug-likeness (QED) is 0.773. The second-order valence-electron chi connectivity index (χ2n) is 6.34. The van der Waals surface area contributed by atoms with E-state index in [1.54, 1.807) is 0 Å². The van der Waals surface area contributed by atoms with Crippen molar-refractivity contribution in [2.45, 2.75) is 47.2 Å². The maximum atomic E-state index is 11.3. The van der Waals surface area contributed by atoms with Gasteiger partial charge in [-0.2, -0.15) is 0 Å². The highest BCUT2D eigenvalue weighted by Gasteiger charge is 2.16. The first-order chi connectivity index (χ1) is 9.81. The zero-order valence-corrected chi connectivity index (χ0v) is 13.9. The number of amides is 1. The Morgan fingerprint density at radius 2 is 1.95 bits per heavy atom. The summed E-state index contributed by atoms with van der Waals surface area (Å²) in [6, 6.07) is 6.57. The summed E-state index contributed by atoms with van der Waals surface area (Å²) in [5.74, 6) is 0.315. The van der Waals surface area contributed by atoms with Gasteiger partial charge in [-0.1, -0.05) is 31.5 Å². The van der Waals surface area contributed by atoms with Crippen LogP contribution in [0.4, 0.5) is 5.69 Å². The van der Waals surface area contributed by atoms with Gasteiger partial charge >= 0.3 is 0 Å². The molecule has 0 unspecified atom stereocenters. The fourth-order valence-corrected chi connectivity index (χ4v) is 2.35.